The number of hydrogen-bond acceptors (Lipinski definition) is 6. The Kier molecular flexibility index (Phi) is 15.5. The van der Waals surface area contributed by atoms with Crippen LogP contribution in [-0.4, -0.2) is 66.0 Å². The lowest BCUT2D eigenvalue weighted by molar-refractivity contribution is -0.143. The number of nitrogens with zero attached hydrogens (tertiary/aromatic N) is 2. The Balaban J connectivity index is 0.907. The van der Waals surface area contributed by atoms with Gasteiger partial charge in [0.05, 0.1) is 11.2 Å². The molecule has 0 saturated carbocycles. The lowest BCUT2D eigenvalue weighted by atomic mass is 10.0. The molecule has 1 N–H and O–H groups in total. The van der Waals surface area contributed by atoms with Gasteiger partial charge in [-0.2, -0.15) is 0 Å². The summed E-state index contributed by atoms with van der Waals surface area (Å²) >= 11 is 6.69. The smallest absolute Gasteiger partial charge is 0.336 e. The normalized spacial score (nSPS) is 13.4. The molecule has 1 saturated heterocycles. The summed E-state index contributed by atoms with van der Waals surface area (Å²) in [6, 6.07) is 44.4. The van der Waals surface area contributed by atoms with E-state index in [1.165, 1.54) is 22.0 Å². The van der Waals surface area contributed by atoms with E-state index in [1.807, 2.05) is 4.90 Å². The molecule has 11 heteroatoms. The van der Waals surface area contributed by atoms with E-state index in [9.17, 15) is 19.2 Å². The predicted octanol–water partition coefficient (Wildman–Crippen LogP) is 9.62. The summed E-state index contributed by atoms with van der Waals surface area (Å²) in [5, 5.41) is 8.02. The second kappa shape index (κ2) is 21.5. The number of fused-ring (bicyclic) bond motifs is 1. The first-order chi connectivity index (χ1) is 30.7. The number of unbranched alkanes of at least 4 members (excludes halogenated alkanes) is 4. The maximum atomic E-state index is 13.6. The van der Waals surface area contributed by atoms with E-state index in [1.54, 1.807) is 48.2 Å². The van der Waals surface area contributed by atoms with Crippen LogP contribution in [0.15, 0.2) is 143 Å². The third kappa shape index (κ3) is 11.1. The lowest BCUT2D eigenvalue weighted by Gasteiger charge is -2.36. The molecule has 5 aromatic carbocycles. The summed E-state index contributed by atoms with van der Waals surface area (Å²) in [7, 11) is -1.90. The van der Waals surface area contributed by atoms with Crippen LogP contribution in [0.3, 0.4) is 0 Å². The van der Waals surface area contributed by atoms with Gasteiger partial charge in [-0.3, -0.25) is 14.4 Å². The van der Waals surface area contributed by atoms with Crippen molar-refractivity contribution in [1.29, 1.82) is 0 Å². The number of anilines is 1. The minimum absolute atomic E-state index is 0.0705. The van der Waals surface area contributed by atoms with Gasteiger partial charge in [-0.25, -0.2) is 4.79 Å². The monoisotopic (exact) mass is 884 g/mol. The standard InChI is InChI=1S/C52H55ClN3O6P/c1-3-4-9-24-49(57)54-39-26-28-44(47(53)35-39)46-37-51(59)62-48-36-40(27-29-45(46)48)61-38(2)52(60)56-32-30-55(31-33-56)50(58)25-16-8-17-34-63(41-18-10-5-11-19-41,42-20-12-6-13-21-42)43-22-14-7-15-23-43/h5-7,10-15,18-23,26-29,35-38H,3-4,8-9,16-17,24-25,30-34H2,1-2H3/p+1/t38-/m1/s1. The molecule has 326 valence electrons. The molecular formula is C52H56ClN3O6P+. The van der Waals surface area contributed by atoms with Gasteiger partial charge in [-0.1, -0.05) is 92.0 Å². The highest BCUT2D eigenvalue weighted by molar-refractivity contribution is 7.95. The zero-order chi connectivity index (χ0) is 44.2. The molecule has 2 heterocycles. The quantitative estimate of drug-likeness (QED) is 0.0524. The van der Waals surface area contributed by atoms with Crippen LogP contribution in [-0.2, 0) is 14.4 Å². The minimum atomic E-state index is -1.90. The van der Waals surface area contributed by atoms with E-state index in [0.29, 0.717) is 72.0 Å². The van der Waals surface area contributed by atoms with E-state index in [-0.39, 0.29) is 23.3 Å². The van der Waals surface area contributed by atoms with Crippen molar-refractivity contribution in [3.8, 4) is 16.9 Å². The average Bonchev–Trinajstić information content (AvgIpc) is 3.30. The molecular weight excluding hydrogens is 829 g/mol. The molecule has 1 aliphatic heterocycles. The summed E-state index contributed by atoms with van der Waals surface area (Å²) in [5.41, 5.74) is 1.50. The molecule has 0 bridgehead atoms. The number of hydrogen-bond donors (Lipinski definition) is 1. The van der Waals surface area contributed by atoms with Crippen LogP contribution in [0, 0.1) is 0 Å². The van der Waals surface area contributed by atoms with Gasteiger partial charge in [0.1, 0.15) is 34.5 Å². The SMILES string of the molecule is CCCCCC(=O)Nc1ccc(-c2cc(=O)oc3cc(O[C@H](C)C(=O)N4CCN(C(=O)CCCCC[P+](c5ccccc5)(c5ccccc5)c5ccccc5)CC4)ccc23)c(Cl)c1. The Labute approximate surface area is 375 Å². The van der Waals surface area contributed by atoms with Crippen LogP contribution in [0.25, 0.3) is 22.1 Å². The number of benzene rings is 5. The topological polar surface area (TPSA) is 109 Å². The van der Waals surface area contributed by atoms with Gasteiger partial charge in [0.2, 0.25) is 11.8 Å². The van der Waals surface area contributed by atoms with Crippen molar-refractivity contribution in [3.05, 3.63) is 149 Å². The van der Waals surface area contributed by atoms with Crippen molar-refractivity contribution >= 4 is 69.2 Å². The third-order valence-corrected chi connectivity index (χ3v) is 16.7. The molecule has 0 aliphatic carbocycles. The summed E-state index contributed by atoms with van der Waals surface area (Å²) < 4.78 is 11.7. The fraction of sp³-hybridized carbons (Fsp3) is 0.308. The highest BCUT2D eigenvalue weighted by Crippen LogP contribution is 2.56. The molecule has 0 radical (unpaired) electrons. The molecule has 0 unspecified atom stereocenters. The van der Waals surface area contributed by atoms with Crippen molar-refractivity contribution in [1.82, 2.24) is 9.80 Å². The molecule has 63 heavy (non-hydrogen) atoms. The summed E-state index contributed by atoms with van der Waals surface area (Å²) in [6.07, 6.45) is 6.76. The van der Waals surface area contributed by atoms with E-state index >= 15 is 0 Å². The summed E-state index contributed by atoms with van der Waals surface area (Å²) in [6.45, 7) is 5.59. The number of rotatable bonds is 18. The molecule has 1 atom stereocenters. The first-order valence-electron chi connectivity index (χ1n) is 22.1. The zero-order valence-electron chi connectivity index (χ0n) is 36.1. The van der Waals surface area contributed by atoms with E-state index < -0.39 is 19.0 Å². The Hall–Kier alpha value is -5.76. The zero-order valence-corrected chi connectivity index (χ0v) is 37.8. The van der Waals surface area contributed by atoms with E-state index in [4.69, 9.17) is 20.8 Å². The number of nitrogens with one attached hydrogen (secondary N) is 1. The maximum Gasteiger partial charge on any atom is 0.336 e. The highest BCUT2D eigenvalue weighted by Gasteiger charge is 2.44. The largest absolute Gasteiger partial charge is 0.481 e. The first-order valence-corrected chi connectivity index (χ1v) is 24.5. The predicted molar refractivity (Wildman–Crippen MR) is 257 cm³/mol. The third-order valence-electron chi connectivity index (χ3n) is 11.8. The minimum Gasteiger partial charge on any atom is -0.481 e. The van der Waals surface area contributed by atoms with Crippen LogP contribution < -0.4 is 31.6 Å². The van der Waals surface area contributed by atoms with Gasteiger partial charge in [-0.15, -0.1) is 0 Å². The second-order valence-electron chi connectivity index (χ2n) is 16.2. The molecule has 9 nitrogen and oxygen atoms in total. The van der Waals surface area contributed by atoms with Gasteiger partial charge >= 0.3 is 5.63 Å². The van der Waals surface area contributed by atoms with Gasteiger partial charge in [0.15, 0.2) is 6.10 Å². The van der Waals surface area contributed by atoms with Gasteiger partial charge in [0, 0.05) is 73.4 Å². The number of amides is 3. The van der Waals surface area contributed by atoms with Crippen molar-refractivity contribution in [3.63, 3.8) is 0 Å². The van der Waals surface area contributed by atoms with Crippen molar-refractivity contribution in [2.45, 2.75) is 71.3 Å². The molecule has 6 aromatic rings. The average molecular weight is 885 g/mol. The van der Waals surface area contributed by atoms with Crippen LogP contribution >= 0.6 is 18.9 Å². The molecule has 1 aliphatic rings. The van der Waals surface area contributed by atoms with Gasteiger partial charge < -0.3 is 24.3 Å². The number of carbonyl (C=O) groups is 3. The molecule has 7 rings (SSSR count). The Morgan fingerprint density at radius 1 is 0.698 bits per heavy atom. The van der Waals surface area contributed by atoms with Crippen molar-refractivity contribution in [2.24, 2.45) is 0 Å². The lowest BCUT2D eigenvalue weighted by Crippen LogP contribution is -2.53. The van der Waals surface area contributed by atoms with Gasteiger partial charge in [-0.05, 0) is 93.3 Å². The number of halogens is 1. The fourth-order valence-corrected chi connectivity index (χ4v) is 13.2. The van der Waals surface area contributed by atoms with Crippen molar-refractivity contribution < 1.29 is 23.5 Å². The van der Waals surface area contributed by atoms with E-state index in [2.05, 4.69) is 103 Å². The van der Waals surface area contributed by atoms with Crippen LogP contribution in [0.2, 0.25) is 5.02 Å². The number of ether oxygens (including phenoxy) is 1. The number of piperazine rings is 1. The first kappa shape index (κ1) is 45.3. The Morgan fingerprint density at radius 2 is 1.30 bits per heavy atom. The van der Waals surface area contributed by atoms with Gasteiger partial charge in [0.25, 0.3) is 5.91 Å². The Morgan fingerprint density at radius 3 is 1.90 bits per heavy atom. The molecule has 3 amide bonds. The van der Waals surface area contributed by atoms with E-state index in [0.717, 1.165) is 44.7 Å². The molecule has 1 aromatic heterocycles. The van der Waals surface area contributed by atoms with Crippen LogP contribution in [0.1, 0.15) is 65.2 Å². The van der Waals surface area contributed by atoms with Crippen LogP contribution in [0.5, 0.6) is 5.75 Å². The highest BCUT2D eigenvalue weighted by atomic mass is 35.5. The summed E-state index contributed by atoms with van der Waals surface area (Å²) in [5.74, 6) is 0.253. The molecule has 0 spiro atoms. The summed E-state index contributed by atoms with van der Waals surface area (Å²) in [4.78, 5) is 55.6. The fourth-order valence-electron chi connectivity index (χ4n) is 8.54. The Bertz CT molecular complexity index is 2450. The molecule has 1 fully saturated rings. The number of carbonyl (C=O) groups excluding carboxylic acids is 3. The van der Waals surface area contributed by atoms with Crippen LogP contribution in [0.4, 0.5) is 5.69 Å². The maximum absolute atomic E-state index is 13.6. The second-order valence-corrected chi connectivity index (χ2v) is 20.2. The van der Waals surface area contributed by atoms with Crippen molar-refractivity contribution in [2.75, 3.05) is 37.7 Å².